The van der Waals surface area contributed by atoms with Gasteiger partial charge in [-0.05, 0) is 0 Å². The maximum Gasteiger partial charge on any atom is 0.160 e. The zero-order valence-electron chi connectivity index (χ0n) is 9.22. The molecule has 2 aromatic rings. The van der Waals surface area contributed by atoms with Crippen LogP contribution in [0, 0.1) is 0 Å². The zero-order valence-corrected chi connectivity index (χ0v) is 9.22. The highest BCUT2D eigenvalue weighted by atomic mass is 16.6. The van der Waals surface area contributed by atoms with Gasteiger partial charge < -0.3 is 14.8 Å². The fraction of sp³-hybridized carbons (Fsp3) is 0.500. The molecular weight excluding hydrogens is 222 g/mol. The molecule has 2 aromatic heterocycles. The van der Waals surface area contributed by atoms with Gasteiger partial charge in [-0.3, -0.25) is 5.10 Å². The van der Waals surface area contributed by atoms with Crippen molar-refractivity contribution in [3.8, 4) is 0 Å². The van der Waals surface area contributed by atoms with Gasteiger partial charge in [0.15, 0.2) is 5.65 Å². The molecule has 3 rings (SSSR count). The largest absolute Gasteiger partial charge is 0.376 e. The second kappa shape index (κ2) is 4.64. The second-order valence-corrected chi connectivity index (χ2v) is 3.80. The van der Waals surface area contributed by atoms with Crippen LogP contribution < -0.4 is 5.32 Å². The maximum atomic E-state index is 5.54. The van der Waals surface area contributed by atoms with Crippen molar-refractivity contribution >= 4 is 16.9 Å². The highest BCUT2D eigenvalue weighted by molar-refractivity contribution is 5.85. The Labute approximate surface area is 97.5 Å². The number of H-pyrrole nitrogens is 1. The van der Waals surface area contributed by atoms with E-state index in [4.69, 9.17) is 9.47 Å². The Morgan fingerprint density at radius 1 is 1.41 bits per heavy atom. The van der Waals surface area contributed by atoms with Crippen molar-refractivity contribution in [3.05, 3.63) is 12.5 Å². The van der Waals surface area contributed by atoms with E-state index in [0.29, 0.717) is 26.4 Å². The lowest BCUT2D eigenvalue weighted by Gasteiger charge is -2.23. The number of nitrogens with zero attached hydrogens (tertiary/aromatic N) is 3. The number of hydrogen-bond acceptors (Lipinski definition) is 6. The summed E-state index contributed by atoms with van der Waals surface area (Å²) in [5, 5.41) is 10.8. The minimum absolute atomic E-state index is 0.0701. The van der Waals surface area contributed by atoms with Gasteiger partial charge in [0.25, 0.3) is 0 Å². The van der Waals surface area contributed by atoms with Crippen molar-refractivity contribution in [2.45, 2.75) is 6.10 Å². The van der Waals surface area contributed by atoms with E-state index in [1.807, 2.05) is 0 Å². The molecule has 0 spiro atoms. The first-order valence-electron chi connectivity index (χ1n) is 5.51. The summed E-state index contributed by atoms with van der Waals surface area (Å²) < 4.78 is 10.9. The van der Waals surface area contributed by atoms with Crippen LogP contribution in [-0.2, 0) is 9.47 Å². The normalized spacial score (nSPS) is 20.6. The summed E-state index contributed by atoms with van der Waals surface area (Å²) in [6.07, 6.45) is 3.28. The predicted octanol–water partition coefficient (Wildman–Crippen LogP) is 0.180. The molecule has 90 valence electrons. The number of hydrogen-bond donors (Lipinski definition) is 2. The van der Waals surface area contributed by atoms with Crippen molar-refractivity contribution in [3.63, 3.8) is 0 Å². The fourth-order valence-corrected chi connectivity index (χ4v) is 1.77. The molecule has 0 saturated carbocycles. The van der Waals surface area contributed by atoms with Crippen LogP contribution >= 0.6 is 0 Å². The van der Waals surface area contributed by atoms with E-state index >= 15 is 0 Å². The topological polar surface area (TPSA) is 85.0 Å². The van der Waals surface area contributed by atoms with E-state index in [1.54, 1.807) is 6.20 Å². The molecule has 1 saturated heterocycles. The molecule has 1 atom stereocenters. The van der Waals surface area contributed by atoms with E-state index in [9.17, 15) is 0 Å². The van der Waals surface area contributed by atoms with Crippen LogP contribution in [0.4, 0.5) is 5.82 Å². The van der Waals surface area contributed by atoms with Gasteiger partial charge in [0.05, 0.1) is 37.5 Å². The summed E-state index contributed by atoms with van der Waals surface area (Å²) in [6.45, 7) is 2.61. The summed E-state index contributed by atoms with van der Waals surface area (Å²) in [6, 6.07) is 0. The average molecular weight is 235 g/mol. The molecule has 0 bridgehead atoms. The van der Waals surface area contributed by atoms with E-state index in [0.717, 1.165) is 16.9 Å². The van der Waals surface area contributed by atoms with Crippen LogP contribution in [0.15, 0.2) is 12.5 Å². The molecule has 0 amide bonds. The van der Waals surface area contributed by atoms with Gasteiger partial charge in [-0.1, -0.05) is 0 Å². The Morgan fingerprint density at radius 3 is 3.29 bits per heavy atom. The van der Waals surface area contributed by atoms with Gasteiger partial charge >= 0.3 is 0 Å². The smallest absolute Gasteiger partial charge is 0.160 e. The molecule has 17 heavy (non-hydrogen) atoms. The number of nitrogens with one attached hydrogen (secondary N) is 2. The Morgan fingerprint density at radius 2 is 2.41 bits per heavy atom. The number of aromatic amines is 1. The molecule has 1 fully saturated rings. The number of fused-ring (bicyclic) bond motifs is 1. The third-order valence-corrected chi connectivity index (χ3v) is 2.63. The van der Waals surface area contributed by atoms with Gasteiger partial charge in [0.2, 0.25) is 0 Å². The van der Waals surface area contributed by atoms with Crippen molar-refractivity contribution in [1.82, 2.24) is 20.2 Å². The van der Waals surface area contributed by atoms with E-state index in [2.05, 4.69) is 25.5 Å². The lowest BCUT2D eigenvalue weighted by Crippen LogP contribution is -2.34. The van der Waals surface area contributed by atoms with Crippen LogP contribution in [0.5, 0.6) is 0 Å². The predicted molar refractivity (Wildman–Crippen MR) is 60.7 cm³/mol. The minimum atomic E-state index is 0.0701. The van der Waals surface area contributed by atoms with Crippen LogP contribution in [0.2, 0.25) is 0 Å². The lowest BCUT2D eigenvalue weighted by atomic mass is 10.3. The van der Waals surface area contributed by atoms with Crippen molar-refractivity contribution in [2.24, 2.45) is 0 Å². The van der Waals surface area contributed by atoms with Crippen LogP contribution in [-0.4, -0.2) is 52.6 Å². The van der Waals surface area contributed by atoms with Gasteiger partial charge in [-0.15, -0.1) is 0 Å². The molecule has 0 aromatic carbocycles. The molecule has 0 aliphatic carbocycles. The Bertz CT molecular complexity index is 494. The second-order valence-electron chi connectivity index (χ2n) is 3.80. The molecule has 7 heteroatoms. The first-order chi connectivity index (χ1) is 8.43. The van der Waals surface area contributed by atoms with Crippen LogP contribution in [0.25, 0.3) is 11.0 Å². The number of aromatic nitrogens is 4. The molecule has 2 N–H and O–H groups in total. The molecule has 1 unspecified atom stereocenters. The quantitative estimate of drug-likeness (QED) is 0.789. The zero-order chi connectivity index (χ0) is 11.5. The standard InChI is InChI=1S/C10H13N5O2/c1-2-17-7(5-16-1)3-11-9-8-4-14-15-10(8)13-6-12-9/h4,6-7H,1-3,5H2,(H2,11,12,13,14,15). The Kier molecular flexibility index (Phi) is 2.85. The molecule has 1 aliphatic rings. The number of anilines is 1. The van der Waals surface area contributed by atoms with Crippen molar-refractivity contribution in [1.29, 1.82) is 0 Å². The summed E-state index contributed by atoms with van der Waals surface area (Å²) >= 11 is 0. The molecule has 3 heterocycles. The van der Waals surface area contributed by atoms with Gasteiger partial charge in [-0.25, -0.2) is 9.97 Å². The summed E-state index contributed by atoms with van der Waals surface area (Å²) in [4.78, 5) is 8.26. The summed E-state index contributed by atoms with van der Waals surface area (Å²) in [5.74, 6) is 0.762. The van der Waals surface area contributed by atoms with Gasteiger partial charge in [0, 0.05) is 6.54 Å². The monoisotopic (exact) mass is 235 g/mol. The summed E-state index contributed by atoms with van der Waals surface area (Å²) in [7, 11) is 0. The SMILES string of the molecule is c1nc(NCC2COCCO2)c2cn[nH]c2n1. The number of ether oxygens (including phenoxy) is 2. The molecule has 7 nitrogen and oxygen atoms in total. The third-order valence-electron chi connectivity index (χ3n) is 2.63. The summed E-state index contributed by atoms with van der Waals surface area (Å²) in [5.41, 5.74) is 0.725. The van der Waals surface area contributed by atoms with Gasteiger partial charge in [0.1, 0.15) is 12.1 Å². The highest BCUT2D eigenvalue weighted by Crippen LogP contribution is 2.16. The van der Waals surface area contributed by atoms with Crippen molar-refractivity contribution in [2.75, 3.05) is 31.7 Å². The van der Waals surface area contributed by atoms with Crippen molar-refractivity contribution < 1.29 is 9.47 Å². The Balaban J connectivity index is 1.69. The van der Waals surface area contributed by atoms with E-state index in [-0.39, 0.29) is 6.10 Å². The number of rotatable bonds is 3. The maximum absolute atomic E-state index is 5.54. The van der Waals surface area contributed by atoms with E-state index in [1.165, 1.54) is 6.33 Å². The molecule has 0 radical (unpaired) electrons. The minimum Gasteiger partial charge on any atom is -0.376 e. The van der Waals surface area contributed by atoms with Gasteiger partial charge in [-0.2, -0.15) is 5.10 Å². The Hall–Kier alpha value is -1.73. The van der Waals surface area contributed by atoms with E-state index < -0.39 is 0 Å². The van der Waals surface area contributed by atoms with Crippen LogP contribution in [0.3, 0.4) is 0 Å². The molecular formula is C10H13N5O2. The average Bonchev–Trinajstić information content (AvgIpc) is 2.86. The fourth-order valence-electron chi connectivity index (χ4n) is 1.77. The first kappa shape index (κ1) is 10.4. The first-order valence-corrected chi connectivity index (χ1v) is 5.51. The highest BCUT2D eigenvalue weighted by Gasteiger charge is 2.14. The third kappa shape index (κ3) is 2.20. The lowest BCUT2D eigenvalue weighted by molar-refractivity contribution is -0.0819. The van der Waals surface area contributed by atoms with Crippen LogP contribution in [0.1, 0.15) is 0 Å². The molecule has 1 aliphatic heterocycles.